The molecule has 2 amide bonds. The summed E-state index contributed by atoms with van der Waals surface area (Å²) in [5, 5.41) is 2.92. The number of esters is 1. The maximum Gasteiger partial charge on any atom is 0.341 e. The highest BCUT2D eigenvalue weighted by molar-refractivity contribution is 7.18. The summed E-state index contributed by atoms with van der Waals surface area (Å²) in [6.45, 7) is 4.02. The molecule has 7 nitrogen and oxygen atoms in total. The second-order valence-corrected chi connectivity index (χ2v) is 5.86. The molecule has 0 aliphatic carbocycles. The van der Waals surface area contributed by atoms with Crippen LogP contribution in [0.5, 0.6) is 0 Å². The third-order valence-corrected chi connectivity index (χ3v) is 4.53. The Morgan fingerprint density at radius 3 is 2.73 bits per heavy atom. The fourth-order valence-corrected chi connectivity index (χ4v) is 3.31. The lowest BCUT2D eigenvalue weighted by molar-refractivity contribution is -0.124. The number of amides is 2. The summed E-state index contributed by atoms with van der Waals surface area (Å²) in [6.07, 6.45) is 0.918. The van der Waals surface area contributed by atoms with Crippen LogP contribution < -0.4 is 11.1 Å². The first-order valence-corrected chi connectivity index (χ1v) is 7.80. The largest absolute Gasteiger partial charge is 0.462 e. The molecular weight excluding hydrogens is 308 g/mol. The average Bonchev–Trinajstić information content (AvgIpc) is 3.07. The normalized spacial score (nSPS) is 17.3. The second kappa shape index (κ2) is 6.89. The van der Waals surface area contributed by atoms with Gasteiger partial charge in [-0.3, -0.25) is 9.59 Å². The average molecular weight is 326 g/mol. The van der Waals surface area contributed by atoms with Crippen LogP contribution in [0.25, 0.3) is 0 Å². The van der Waals surface area contributed by atoms with Crippen molar-refractivity contribution in [2.45, 2.75) is 32.8 Å². The van der Waals surface area contributed by atoms with Crippen LogP contribution >= 0.6 is 11.3 Å². The maximum atomic E-state index is 12.1. The minimum absolute atomic E-state index is 0.173. The van der Waals surface area contributed by atoms with E-state index in [1.807, 2.05) is 0 Å². The van der Waals surface area contributed by atoms with Gasteiger partial charge in [0.15, 0.2) is 0 Å². The monoisotopic (exact) mass is 326 g/mol. The van der Waals surface area contributed by atoms with E-state index in [1.54, 1.807) is 13.8 Å². The lowest BCUT2D eigenvalue weighted by atomic mass is 10.1. The molecule has 1 aliphatic heterocycles. The van der Waals surface area contributed by atoms with Crippen LogP contribution in [-0.2, 0) is 14.3 Å². The smallest absolute Gasteiger partial charge is 0.341 e. The van der Waals surface area contributed by atoms with Gasteiger partial charge in [0.25, 0.3) is 11.8 Å². The van der Waals surface area contributed by atoms with Crippen LogP contribution in [0, 0.1) is 6.92 Å². The third kappa shape index (κ3) is 3.28. The standard InChI is InChI=1S/C14H18N2O5S/c1-3-20-14(19)9-7(2)10(11(15)17)22-13(9)16-12(18)8-5-4-6-21-8/h8H,3-6H2,1-2H3,(H2,15,17)(H,16,18)/t8-/m0/s1. The number of hydrogen-bond donors (Lipinski definition) is 2. The van der Waals surface area contributed by atoms with Gasteiger partial charge in [-0.15, -0.1) is 11.3 Å². The molecule has 3 N–H and O–H groups in total. The number of ether oxygens (including phenoxy) is 2. The Hall–Kier alpha value is -1.93. The van der Waals surface area contributed by atoms with Gasteiger partial charge in [-0.1, -0.05) is 0 Å². The molecule has 0 saturated carbocycles. The fraction of sp³-hybridized carbons (Fsp3) is 0.500. The van der Waals surface area contributed by atoms with E-state index in [-0.39, 0.29) is 28.0 Å². The Kier molecular flexibility index (Phi) is 5.15. The Balaban J connectivity index is 2.31. The minimum atomic E-state index is -0.648. The maximum absolute atomic E-state index is 12.1. The molecule has 0 unspecified atom stereocenters. The molecule has 0 radical (unpaired) electrons. The highest BCUT2D eigenvalue weighted by Gasteiger charge is 2.29. The van der Waals surface area contributed by atoms with Gasteiger partial charge in [0, 0.05) is 6.61 Å². The quantitative estimate of drug-likeness (QED) is 0.796. The van der Waals surface area contributed by atoms with E-state index in [0.29, 0.717) is 18.6 Å². The molecule has 120 valence electrons. The number of carbonyl (C=O) groups excluding carboxylic acids is 3. The number of thiophene rings is 1. The first-order valence-electron chi connectivity index (χ1n) is 6.98. The van der Waals surface area contributed by atoms with Gasteiger partial charge in [0.05, 0.1) is 17.0 Å². The molecule has 22 heavy (non-hydrogen) atoms. The molecule has 1 fully saturated rings. The van der Waals surface area contributed by atoms with Gasteiger partial charge in [-0.2, -0.15) is 0 Å². The van der Waals surface area contributed by atoms with E-state index >= 15 is 0 Å². The van der Waals surface area contributed by atoms with Crippen molar-refractivity contribution < 1.29 is 23.9 Å². The fourth-order valence-electron chi connectivity index (χ4n) is 2.26. The lowest BCUT2D eigenvalue weighted by Crippen LogP contribution is -2.27. The van der Waals surface area contributed by atoms with E-state index in [1.165, 1.54) is 0 Å². The molecule has 0 aromatic carbocycles. The van der Waals surface area contributed by atoms with Crippen LogP contribution in [0.1, 0.15) is 45.4 Å². The topological polar surface area (TPSA) is 108 Å². The molecule has 0 bridgehead atoms. The Labute approximate surface area is 131 Å². The Morgan fingerprint density at radius 1 is 1.45 bits per heavy atom. The SMILES string of the molecule is CCOC(=O)c1c(NC(=O)[C@@H]2CCCO2)sc(C(N)=O)c1C. The van der Waals surface area contributed by atoms with Gasteiger partial charge in [-0.05, 0) is 32.3 Å². The Morgan fingerprint density at radius 2 is 2.18 bits per heavy atom. The number of carbonyl (C=O) groups is 3. The molecule has 1 saturated heterocycles. The highest BCUT2D eigenvalue weighted by atomic mass is 32.1. The van der Waals surface area contributed by atoms with E-state index < -0.39 is 18.0 Å². The summed E-state index contributed by atoms with van der Waals surface area (Å²) in [4.78, 5) is 35.9. The molecule has 2 rings (SSSR count). The van der Waals surface area contributed by atoms with Crippen LogP contribution in [0.15, 0.2) is 0 Å². The van der Waals surface area contributed by atoms with Gasteiger partial charge < -0.3 is 20.5 Å². The van der Waals surface area contributed by atoms with Crippen molar-refractivity contribution in [3.05, 3.63) is 16.0 Å². The van der Waals surface area contributed by atoms with E-state index in [9.17, 15) is 14.4 Å². The summed E-state index contributed by atoms with van der Waals surface area (Å²) in [5.74, 6) is -1.57. The zero-order valence-electron chi connectivity index (χ0n) is 12.4. The van der Waals surface area contributed by atoms with E-state index in [2.05, 4.69) is 5.32 Å². The van der Waals surface area contributed by atoms with Crippen molar-refractivity contribution in [3.8, 4) is 0 Å². The van der Waals surface area contributed by atoms with Crippen molar-refractivity contribution >= 4 is 34.1 Å². The van der Waals surface area contributed by atoms with Crippen molar-refractivity contribution in [3.63, 3.8) is 0 Å². The molecule has 1 aliphatic rings. The van der Waals surface area contributed by atoms with Crippen molar-refractivity contribution in [2.75, 3.05) is 18.5 Å². The predicted octanol–water partition coefficient (Wildman–Crippen LogP) is 1.45. The minimum Gasteiger partial charge on any atom is -0.462 e. The van der Waals surface area contributed by atoms with Gasteiger partial charge in [0.1, 0.15) is 11.1 Å². The summed E-state index contributed by atoms with van der Waals surface area (Å²) < 4.78 is 10.3. The number of rotatable bonds is 5. The number of hydrogen-bond acceptors (Lipinski definition) is 6. The van der Waals surface area contributed by atoms with E-state index in [4.69, 9.17) is 15.2 Å². The zero-order valence-corrected chi connectivity index (χ0v) is 13.2. The van der Waals surface area contributed by atoms with Gasteiger partial charge in [0.2, 0.25) is 0 Å². The van der Waals surface area contributed by atoms with Gasteiger partial charge >= 0.3 is 5.97 Å². The summed E-state index contributed by atoms with van der Waals surface area (Å²) in [7, 11) is 0. The van der Waals surface area contributed by atoms with Crippen LogP contribution in [-0.4, -0.2) is 37.1 Å². The number of nitrogens with one attached hydrogen (secondary N) is 1. The van der Waals surface area contributed by atoms with Crippen LogP contribution in [0.2, 0.25) is 0 Å². The molecule has 8 heteroatoms. The molecule has 1 aromatic heterocycles. The molecule has 1 atom stereocenters. The number of nitrogens with two attached hydrogens (primary N) is 1. The van der Waals surface area contributed by atoms with Crippen molar-refractivity contribution in [1.29, 1.82) is 0 Å². The summed E-state index contributed by atoms with van der Waals surface area (Å²) >= 11 is 0.973. The van der Waals surface area contributed by atoms with Crippen molar-refractivity contribution in [1.82, 2.24) is 0 Å². The predicted molar refractivity (Wildman–Crippen MR) is 81.1 cm³/mol. The summed E-state index contributed by atoms with van der Waals surface area (Å²) in [5.41, 5.74) is 5.89. The first-order chi connectivity index (χ1) is 10.5. The molecule has 1 aromatic rings. The molecule has 2 heterocycles. The molecular formula is C14H18N2O5S. The second-order valence-electron chi connectivity index (χ2n) is 4.84. The van der Waals surface area contributed by atoms with Crippen LogP contribution in [0.4, 0.5) is 5.00 Å². The van der Waals surface area contributed by atoms with Gasteiger partial charge in [-0.25, -0.2) is 4.79 Å². The Bertz CT molecular complexity index is 605. The third-order valence-electron chi connectivity index (χ3n) is 3.31. The highest BCUT2D eigenvalue weighted by Crippen LogP contribution is 2.34. The first kappa shape index (κ1) is 16.4. The summed E-state index contributed by atoms with van der Waals surface area (Å²) in [6, 6.07) is 0. The van der Waals surface area contributed by atoms with Crippen molar-refractivity contribution in [2.24, 2.45) is 5.73 Å². The van der Waals surface area contributed by atoms with Crippen LogP contribution in [0.3, 0.4) is 0 Å². The van der Waals surface area contributed by atoms with E-state index in [0.717, 1.165) is 17.8 Å². The number of primary amides is 1. The molecule has 0 spiro atoms. The zero-order chi connectivity index (χ0) is 16.3. The lowest BCUT2D eigenvalue weighted by Gasteiger charge is -2.10. The number of anilines is 1.